The molecule has 0 aliphatic heterocycles. The number of hydrogen-bond acceptors (Lipinski definition) is 5. The molecular formula is C30H37ClF2N4O2. The first kappa shape index (κ1) is 30.5. The highest BCUT2D eigenvalue weighted by molar-refractivity contribution is 6.29. The molecule has 0 saturated carbocycles. The minimum atomic E-state index is -1.04. The number of pyridine rings is 1. The Morgan fingerprint density at radius 2 is 1.77 bits per heavy atom. The molecule has 0 bridgehead atoms. The van der Waals surface area contributed by atoms with Crippen LogP contribution < -0.4 is 15.5 Å². The number of anilines is 1. The smallest absolute Gasteiger partial charge is 0.251 e. The summed E-state index contributed by atoms with van der Waals surface area (Å²) < 4.78 is 27.8. The number of aromatic nitrogens is 1. The Kier molecular flexibility index (Phi) is 11.7. The molecule has 0 aliphatic carbocycles. The van der Waals surface area contributed by atoms with Crippen molar-refractivity contribution in [2.75, 3.05) is 25.0 Å². The van der Waals surface area contributed by atoms with E-state index in [-0.39, 0.29) is 23.7 Å². The summed E-state index contributed by atoms with van der Waals surface area (Å²) in [4.78, 5) is 19.5. The molecule has 3 rings (SSSR count). The van der Waals surface area contributed by atoms with Gasteiger partial charge in [0.25, 0.3) is 5.91 Å². The monoisotopic (exact) mass is 558 g/mol. The van der Waals surface area contributed by atoms with Gasteiger partial charge in [0, 0.05) is 38.3 Å². The number of nitrogens with zero attached hydrogens (tertiary/aromatic N) is 2. The van der Waals surface area contributed by atoms with E-state index in [0.29, 0.717) is 17.9 Å². The molecule has 6 nitrogen and oxygen atoms in total. The molecule has 2 atom stereocenters. The van der Waals surface area contributed by atoms with Crippen LogP contribution in [0, 0.1) is 11.6 Å². The van der Waals surface area contributed by atoms with E-state index in [2.05, 4.69) is 41.6 Å². The van der Waals surface area contributed by atoms with Crippen molar-refractivity contribution in [1.29, 1.82) is 0 Å². The van der Waals surface area contributed by atoms with Gasteiger partial charge in [0.2, 0.25) is 0 Å². The van der Waals surface area contributed by atoms with Crippen molar-refractivity contribution >= 4 is 23.3 Å². The molecule has 1 aromatic heterocycles. The number of nitrogens with one attached hydrogen (secondary N) is 2. The summed E-state index contributed by atoms with van der Waals surface area (Å²) in [6.45, 7) is 5.60. The predicted molar refractivity (Wildman–Crippen MR) is 152 cm³/mol. The van der Waals surface area contributed by atoms with E-state index >= 15 is 0 Å². The minimum absolute atomic E-state index is 0.0245. The molecule has 0 fully saturated rings. The summed E-state index contributed by atoms with van der Waals surface area (Å²) in [6.07, 6.45) is 1.87. The van der Waals surface area contributed by atoms with E-state index in [4.69, 9.17) is 11.6 Å². The Bertz CT molecular complexity index is 1220. The molecule has 0 unspecified atom stereocenters. The number of hydrogen-bond donors (Lipinski definition) is 3. The maximum absolute atomic E-state index is 13.9. The standard InChI is InChI=1S/C30H37ClF2N4O2/c1-4-6-10-37(3)29-16-23(15-28(31)36-29)30(39)35-26(14-22-12-24(32)17-25(33)13-22)27(38)19-34-18-21-9-7-8-20(5-2)11-21/h7-9,11-13,15-17,26-27,34,38H,4-6,10,14,18-19H2,1-3H3,(H,35,39)/t26-,27-/m0/s1. The van der Waals surface area contributed by atoms with E-state index in [1.54, 1.807) is 6.07 Å². The Labute approximate surface area is 234 Å². The molecule has 3 N–H and O–H groups in total. The van der Waals surface area contributed by atoms with Crippen LogP contribution in [0.25, 0.3) is 0 Å². The van der Waals surface area contributed by atoms with Crippen molar-refractivity contribution in [1.82, 2.24) is 15.6 Å². The number of carbonyl (C=O) groups excluding carboxylic acids is 1. The van der Waals surface area contributed by atoms with Crippen molar-refractivity contribution < 1.29 is 18.7 Å². The van der Waals surface area contributed by atoms with Crippen LogP contribution in [0.15, 0.2) is 54.6 Å². The van der Waals surface area contributed by atoms with Crippen LogP contribution in [-0.2, 0) is 19.4 Å². The van der Waals surface area contributed by atoms with Crippen LogP contribution >= 0.6 is 11.6 Å². The number of unbranched alkanes of at least 4 members (excludes halogenated alkanes) is 1. The third-order valence-electron chi connectivity index (χ3n) is 6.52. The van der Waals surface area contributed by atoms with Gasteiger partial charge in [-0.2, -0.15) is 0 Å². The lowest BCUT2D eigenvalue weighted by Crippen LogP contribution is -2.48. The van der Waals surface area contributed by atoms with Crippen molar-refractivity contribution in [2.24, 2.45) is 0 Å². The number of carbonyl (C=O) groups is 1. The summed E-state index contributed by atoms with van der Waals surface area (Å²) in [5, 5.41) is 17.3. The SMILES string of the molecule is CCCCN(C)c1cc(C(=O)N[C@@H](Cc2cc(F)cc(F)c2)[C@@H](O)CNCc2cccc(CC)c2)cc(Cl)n1. The van der Waals surface area contributed by atoms with E-state index in [1.807, 2.05) is 24.1 Å². The fraction of sp³-hybridized carbons (Fsp3) is 0.400. The maximum Gasteiger partial charge on any atom is 0.251 e. The highest BCUT2D eigenvalue weighted by atomic mass is 35.5. The summed E-state index contributed by atoms with van der Waals surface area (Å²) in [5.74, 6) is -1.36. The van der Waals surface area contributed by atoms with Crippen LogP contribution in [0.4, 0.5) is 14.6 Å². The molecule has 39 heavy (non-hydrogen) atoms. The number of amides is 1. The largest absolute Gasteiger partial charge is 0.390 e. The third kappa shape index (κ3) is 9.56. The highest BCUT2D eigenvalue weighted by Crippen LogP contribution is 2.19. The van der Waals surface area contributed by atoms with Crippen molar-refractivity contribution in [3.05, 3.63) is 93.6 Å². The molecular weight excluding hydrogens is 522 g/mol. The summed E-state index contributed by atoms with van der Waals surface area (Å²) >= 11 is 6.22. The van der Waals surface area contributed by atoms with Gasteiger partial charge in [-0.3, -0.25) is 4.79 Å². The van der Waals surface area contributed by atoms with E-state index in [1.165, 1.54) is 23.8 Å². The summed E-state index contributed by atoms with van der Waals surface area (Å²) in [6, 6.07) is 13.6. The number of aliphatic hydroxyl groups is 1. The topological polar surface area (TPSA) is 77.5 Å². The average molecular weight is 559 g/mol. The normalized spacial score (nSPS) is 12.7. The summed E-state index contributed by atoms with van der Waals surface area (Å²) in [5.41, 5.74) is 2.88. The number of benzene rings is 2. The molecule has 2 aromatic carbocycles. The van der Waals surface area contributed by atoms with Gasteiger partial charge >= 0.3 is 0 Å². The zero-order valence-corrected chi connectivity index (χ0v) is 23.4. The number of aliphatic hydroxyl groups excluding tert-OH is 1. The van der Waals surface area contributed by atoms with Crippen LogP contribution in [0.5, 0.6) is 0 Å². The fourth-order valence-electron chi connectivity index (χ4n) is 4.30. The van der Waals surface area contributed by atoms with Gasteiger partial charge in [-0.25, -0.2) is 13.8 Å². The van der Waals surface area contributed by atoms with Crippen LogP contribution in [-0.4, -0.2) is 48.3 Å². The summed E-state index contributed by atoms with van der Waals surface area (Å²) in [7, 11) is 1.88. The lowest BCUT2D eigenvalue weighted by atomic mass is 10.00. The van der Waals surface area contributed by atoms with Crippen molar-refractivity contribution in [3.63, 3.8) is 0 Å². The Morgan fingerprint density at radius 3 is 2.46 bits per heavy atom. The molecule has 0 radical (unpaired) electrons. The Morgan fingerprint density at radius 1 is 1.05 bits per heavy atom. The lowest BCUT2D eigenvalue weighted by molar-refractivity contribution is 0.0829. The minimum Gasteiger partial charge on any atom is -0.390 e. The first-order valence-corrected chi connectivity index (χ1v) is 13.7. The van der Waals surface area contributed by atoms with Crippen molar-refractivity contribution in [3.8, 4) is 0 Å². The number of aryl methyl sites for hydroxylation is 1. The molecule has 0 aliphatic rings. The molecule has 0 spiro atoms. The van der Waals surface area contributed by atoms with E-state index in [9.17, 15) is 18.7 Å². The lowest BCUT2D eigenvalue weighted by Gasteiger charge is -2.25. The zero-order valence-electron chi connectivity index (χ0n) is 22.7. The quantitative estimate of drug-likeness (QED) is 0.234. The maximum atomic E-state index is 13.9. The Hall–Kier alpha value is -3.07. The molecule has 1 heterocycles. The second-order valence-corrected chi connectivity index (χ2v) is 10.1. The fourth-order valence-corrected chi connectivity index (χ4v) is 4.51. The first-order chi connectivity index (χ1) is 18.7. The van der Waals surface area contributed by atoms with E-state index < -0.39 is 29.7 Å². The molecule has 3 aromatic rings. The highest BCUT2D eigenvalue weighted by Gasteiger charge is 2.24. The van der Waals surface area contributed by atoms with Crippen LogP contribution in [0.1, 0.15) is 53.7 Å². The van der Waals surface area contributed by atoms with Crippen LogP contribution in [0.3, 0.4) is 0 Å². The average Bonchev–Trinajstić information content (AvgIpc) is 2.90. The number of rotatable bonds is 14. The van der Waals surface area contributed by atoms with Gasteiger partial charge in [-0.15, -0.1) is 0 Å². The molecule has 9 heteroatoms. The van der Waals surface area contributed by atoms with Gasteiger partial charge in [0.1, 0.15) is 22.6 Å². The third-order valence-corrected chi connectivity index (χ3v) is 6.72. The second kappa shape index (κ2) is 14.9. The van der Waals surface area contributed by atoms with Gasteiger partial charge in [0.15, 0.2) is 0 Å². The first-order valence-electron chi connectivity index (χ1n) is 13.3. The Balaban J connectivity index is 1.76. The van der Waals surface area contributed by atoms with Gasteiger partial charge in [0.05, 0.1) is 12.1 Å². The second-order valence-electron chi connectivity index (χ2n) is 9.75. The van der Waals surface area contributed by atoms with Gasteiger partial charge < -0.3 is 20.6 Å². The predicted octanol–water partition coefficient (Wildman–Crippen LogP) is 5.30. The van der Waals surface area contributed by atoms with Crippen LogP contribution in [0.2, 0.25) is 5.15 Å². The molecule has 1 amide bonds. The number of halogens is 3. The van der Waals surface area contributed by atoms with Crippen molar-refractivity contribution in [2.45, 2.75) is 58.2 Å². The van der Waals surface area contributed by atoms with Gasteiger partial charge in [-0.05, 0) is 60.2 Å². The zero-order chi connectivity index (χ0) is 28.4. The van der Waals surface area contributed by atoms with E-state index in [0.717, 1.165) is 37.4 Å². The molecule has 210 valence electrons. The van der Waals surface area contributed by atoms with Gasteiger partial charge in [-0.1, -0.05) is 56.1 Å². The molecule has 0 saturated heterocycles.